The summed E-state index contributed by atoms with van der Waals surface area (Å²) in [6.07, 6.45) is 4.61. The summed E-state index contributed by atoms with van der Waals surface area (Å²) in [6.45, 7) is 0. The summed E-state index contributed by atoms with van der Waals surface area (Å²) >= 11 is 0. The van der Waals surface area contributed by atoms with Crippen LogP contribution in [0.3, 0.4) is 0 Å². The molecule has 21 heavy (non-hydrogen) atoms. The van der Waals surface area contributed by atoms with Crippen molar-refractivity contribution in [3.63, 3.8) is 0 Å². The number of hydrogen-bond acceptors (Lipinski definition) is 5. The van der Waals surface area contributed by atoms with Crippen LogP contribution in [0.15, 0.2) is 47.8 Å². The zero-order valence-electron chi connectivity index (χ0n) is 11.7. The molecule has 2 rings (SSSR count). The van der Waals surface area contributed by atoms with Gasteiger partial charge in [-0.3, -0.25) is 9.78 Å². The maximum atomic E-state index is 11.8. The van der Waals surface area contributed by atoms with E-state index in [1.807, 2.05) is 0 Å². The number of aromatic nitrogens is 1. The first-order valence-electron chi connectivity index (χ1n) is 6.19. The van der Waals surface area contributed by atoms with E-state index in [0.29, 0.717) is 17.1 Å². The highest BCUT2D eigenvalue weighted by molar-refractivity contribution is 5.94. The number of methoxy groups -OCH3 is 2. The van der Waals surface area contributed by atoms with E-state index in [0.717, 1.165) is 5.56 Å². The van der Waals surface area contributed by atoms with Crippen molar-refractivity contribution in [2.24, 2.45) is 5.10 Å². The monoisotopic (exact) mass is 285 g/mol. The third-order valence-corrected chi connectivity index (χ3v) is 2.70. The molecule has 0 bridgehead atoms. The number of carbonyl (C=O) groups excluding carboxylic acids is 1. The highest BCUT2D eigenvalue weighted by Crippen LogP contribution is 2.21. The van der Waals surface area contributed by atoms with Crippen LogP contribution in [-0.2, 0) is 0 Å². The quantitative estimate of drug-likeness (QED) is 0.672. The lowest BCUT2D eigenvalue weighted by atomic mass is 10.2. The van der Waals surface area contributed by atoms with Crippen molar-refractivity contribution < 1.29 is 14.3 Å². The van der Waals surface area contributed by atoms with Gasteiger partial charge in [-0.15, -0.1) is 0 Å². The fourth-order valence-electron chi connectivity index (χ4n) is 1.64. The van der Waals surface area contributed by atoms with E-state index in [9.17, 15) is 4.79 Å². The highest BCUT2D eigenvalue weighted by atomic mass is 16.5. The number of benzene rings is 1. The van der Waals surface area contributed by atoms with Crippen LogP contribution in [-0.4, -0.2) is 31.3 Å². The van der Waals surface area contributed by atoms with E-state index in [-0.39, 0.29) is 5.91 Å². The van der Waals surface area contributed by atoms with Gasteiger partial charge in [0.15, 0.2) is 0 Å². The summed E-state index contributed by atoms with van der Waals surface area (Å²) in [7, 11) is 3.14. The van der Waals surface area contributed by atoms with Gasteiger partial charge in [-0.2, -0.15) is 5.10 Å². The number of carbonyl (C=O) groups is 1. The molecule has 0 fully saturated rings. The van der Waals surface area contributed by atoms with Gasteiger partial charge in [-0.05, 0) is 24.3 Å². The normalized spacial score (nSPS) is 10.4. The largest absolute Gasteiger partial charge is 0.497 e. The molecule has 0 unspecified atom stereocenters. The molecule has 0 saturated carbocycles. The molecule has 1 aromatic carbocycles. The molecule has 108 valence electrons. The maximum absolute atomic E-state index is 11.8. The number of nitrogens with one attached hydrogen (secondary N) is 1. The predicted molar refractivity (Wildman–Crippen MR) is 78.8 cm³/mol. The Bertz CT molecular complexity index is 620. The number of nitrogens with zero attached hydrogens (tertiary/aromatic N) is 2. The molecular formula is C15H15N3O3. The van der Waals surface area contributed by atoms with Gasteiger partial charge in [0.1, 0.15) is 11.5 Å². The Labute approximate surface area is 122 Å². The minimum atomic E-state index is -0.302. The number of pyridine rings is 1. The molecule has 0 atom stereocenters. The summed E-state index contributed by atoms with van der Waals surface area (Å²) in [5, 5.41) is 3.91. The fraction of sp³-hybridized carbons (Fsp3) is 0.133. The number of hydrogen-bond donors (Lipinski definition) is 1. The Morgan fingerprint density at radius 1 is 1.14 bits per heavy atom. The third kappa shape index (κ3) is 4.04. The van der Waals surface area contributed by atoms with Crippen molar-refractivity contribution in [1.82, 2.24) is 10.4 Å². The molecular weight excluding hydrogens is 270 g/mol. The lowest BCUT2D eigenvalue weighted by Gasteiger charge is -2.05. The van der Waals surface area contributed by atoms with E-state index in [2.05, 4.69) is 15.5 Å². The van der Waals surface area contributed by atoms with Crippen LogP contribution in [0.5, 0.6) is 11.5 Å². The Hall–Kier alpha value is -2.89. The van der Waals surface area contributed by atoms with Gasteiger partial charge in [-0.1, -0.05) is 0 Å². The summed E-state index contributed by atoms with van der Waals surface area (Å²) < 4.78 is 10.3. The van der Waals surface area contributed by atoms with Crippen LogP contribution >= 0.6 is 0 Å². The molecule has 6 nitrogen and oxygen atoms in total. The molecule has 0 aliphatic carbocycles. The Morgan fingerprint density at radius 2 is 1.76 bits per heavy atom. The van der Waals surface area contributed by atoms with Crippen LogP contribution in [0.4, 0.5) is 0 Å². The van der Waals surface area contributed by atoms with Gasteiger partial charge in [0.25, 0.3) is 5.91 Å². The van der Waals surface area contributed by atoms with Crippen molar-refractivity contribution in [3.8, 4) is 11.5 Å². The number of ether oxygens (including phenoxy) is 2. The second-order valence-electron chi connectivity index (χ2n) is 4.08. The van der Waals surface area contributed by atoms with Gasteiger partial charge < -0.3 is 9.47 Å². The second-order valence-corrected chi connectivity index (χ2v) is 4.08. The van der Waals surface area contributed by atoms with E-state index >= 15 is 0 Å². The van der Waals surface area contributed by atoms with E-state index in [1.54, 1.807) is 56.9 Å². The molecule has 1 heterocycles. The molecule has 6 heteroatoms. The molecule has 0 aliphatic rings. The number of amides is 1. The molecule has 0 saturated heterocycles. The van der Waals surface area contributed by atoms with Gasteiger partial charge >= 0.3 is 0 Å². The zero-order valence-corrected chi connectivity index (χ0v) is 11.7. The predicted octanol–water partition coefficient (Wildman–Crippen LogP) is 1.86. The molecule has 1 N–H and O–H groups in total. The molecule has 0 spiro atoms. The summed E-state index contributed by atoms with van der Waals surface area (Å²) in [4.78, 5) is 15.6. The zero-order chi connectivity index (χ0) is 15.1. The van der Waals surface area contributed by atoms with Gasteiger partial charge in [0.05, 0.1) is 20.4 Å². The van der Waals surface area contributed by atoms with E-state index < -0.39 is 0 Å². The standard InChI is InChI=1S/C15H15N3O3/c1-20-13-7-11(8-14(9-13)21-2)10-17-18-15(19)12-3-5-16-6-4-12/h3-10H,1-2H3,(H,18,19)/b17-10+. The minimum absolute atomic E-state index is 0.302. The van der Waals surface area contributed by atoms with Crippen molar-refractivity contribution >= 4 is 12.1 Å². The lowest BCUT2D eigenvalue weighted by molar-refractivity contribution is 0.0955. The van der Waals surface area contributed by atoms with Crippen LogP contribution in [0, 0.1) is 0 Å². The fourth-order valence-corrected chi connectivity index (χ4v) is 1.64. The van der Waals surface area contributed by atoms with Gasteiger partial charge in [0.2, 0.25) is 0 Å². The first-order valence-corrected chi connectivity index (χ1v) is 6.19. The second kappa shape index (κ2) is 7.04. The van der Waals surface area contributed by atoms with Crippen molar-refractivity contribution in [2.45, 2.75) is 0 Å². The Balaban J connectivity index is 2.06. The first kappa shape index (κ1) is 14.5. The van der Waals surface area contributed by atoms with Crippen molar-refractivity contribution in [3.05, 3.63) is 53.9 Å². The van der Waals surface area contributed by atoms with Crippen LogP contribution in [0.1, 0.15) is 15.9 Å². The Morgan fingerprint density at radius 3 is 2.33 bits per heavy atom. The summed E-state index contributed by atoms with van der Waals surface area (Å²) in [5.74, 6) is 0.996. The number of rotatable bonds is 5. The van der Waals surface area contributed by atoms with Crippen LogP contribution in [0.2, 0.25) is 0 Å². The minimum Gasteiger partial charge on any atom is -0.497 e. The molecule has 0 radical (unpaired) electrons. The van der Waals surface area contributed by atoms with Crippen LogP contribution < -0.4 is 14.9 Å². The molecule has 1 amide bonds. The maximum Gasteiger partial charge on any atom is 0.271 e. The average molecular weight is 285 g/mol. The Kier molecular flexibility index (Phi) is 4.87. The third-order valence-electron chi connectivity index (χ3n) is 2.70. The van der Waals surface area contributed by atoms with E-state index in [4.69, 9.17) is 9.47 Å². The SMILES string of the molecule is COc1cc(/C=N/NC(=O)c2ccncc2)cc(OC)c1. The number of hydrazone groups is 1. The van der Waals surface area contributed by atoms with Crippen molar-refractivity contribution in [1.29, 1.82) is 0 Å². The van der Waals surface area contributed by atoms with Gasteiger partial charge in [-0.25, -0.2) is 5.43 Å². The smallest absolute Gasteiger partial charge is 0.271 e. The van der Waals surface area contributed by atoms with Crippen LogP contribution in [0.25, 0.3) is 0 Å². The molecule has 1 aromatic heterocycles. The first-order chi connectivity index (χ1) is 10.2. The summed E-state index contributed by atoms with van der Waals surface area (Å²) in [6, 6.07) is 8.54. The van der Waals surface area contributed by atoms with Gasteiger partial charge in [0, 0.05) is 29.6 Å². The van der Waals surface area contributed by atoms with E-state index in [1.165, 1.54) is 6.21 Å². The topological polar surface area (TPSA) is 72.8 Å². The molecule has 2 aromatic rings. The molecule has 0 aliphatic heterocycles. The lowest BCUT2D eigenvalue weighted by Crippen LogP contribution is -2.17. The average Bonchev–Trinajstić information content (AvgIpc) is 2.55. The summed E-state index contributed by atoms with van der Waals surface area (Å²) in [5.41, 5.74) is 3.69. The highest BCUT2D eigenvalue weighted by Gasteiger charge is 2.03. The van der Waals surface area contributed by atoms with Crippen molar-refractivity contribution in [2.75, 3.05) is 14.2 Å².